The molecule has 1 aromatic heterocycles. The Kier molecular flexibility index (Phi) is 9.72. The highest BCUT2D eigenvalue weighted by atomic mass is 35.5. The number of hydrogen-bond donors (Lipinski definition) is 3. The first-order valence-corrected chi connectivity index (χ1v) is 9.00. The lowest BCUT2D eigenvalue weighted by molar-refractivity contribution is 0.0957. The third kappa shape index (κ3) is 6.67. The summed E-state index contributed by atoms with van der Waals surface area (Å²) >= 11 is 1.25. The summed E-state index contributed by atoms with van der Waals surface area (Å²) in [7, 11) is 1.58. The van der Waals surface area contributed by atoms with Crippen LogP contribution in [0.3, 0.4) is 0 Å². The van der Waals surface area contributed by atoms with Crippen molar-refractivity contribution in [2.24, 2.45) is 0 Å². The van der Waals surface area contributed by atoms with E-state index < -0.39 is 0 Å². The van der Waals surface area contributed by atoms with E-state index in [4.69, 9.17) is 4.74 Å². The van der Waals surface area contributed by atoms with Gasteiger partial charge >= 0.3 is 0 Å². The van der Waals surface area contributed by atoms with Gasteiger partial charge in [0.25, 0.3) is 11.8 Å². The Balaban J connectivity index is 0.00000338. The average molecular weight is 398 g/mol. The third-order valence-electron chi connectivity index (χ3n) is 3.43. The lowest BCUT2D eigenvalue weighted by Gasteiger charge is -2.05. The van der Waals surface area contributed by atoms with Gasteiger partial charge in [-0.3, -0.25) is 9.59 Å². The highest BCUT2D eigenvalue weighted by Crippen LogP contribution is 2.22. The number of ether oxygens (including phenoxy) is 1. The van der Waals surface area contributed by atoms with E-state index in [1.165, 1.54) is 11.3 Å². The summed E-state index contributed by atoms with van der Waals surface area (Å²) in [5.41, 5.74) is 0.530. The van der Waals surface area contributed by atoms with Crippen LogP contribution in [0, 0.1) is 0 Å². The van der Waals surface area contributed by atoms with Gasteiger partial charge in [-0.05, 0) is 49.4 Å². The Morgan fingerprint density at radius 2 is 1.73 bits per heavy atom. The number of carbonyl (C=O) groups is 2. The molecule has 0 atom stereocenters. The summed E-state index contributed by atoms with van der Waals surface area (Å²) in [6.45, 7) is 4.35. The topological polar surface area (TPSA) is 79.5 Å². The first kappa shape index (κ1) is 22.0. The number of hydrogen-bond acceptors (Lipinski definition) is 5. The van der Waals surface area contributed by atoms with E-state index in [2.05, 4.69) is 22.9 Å². The minimum Gasteiger partial charge on any atom is -0.497 e. The predicted octanol–water partition coefficient (Wildman–Crippen LogP) is 3.16. The summed E-state index contributed by atoms with van der Waals surface area (Å²) in [5.74, 6) is 0.341. The number of thiophene rings is 1. The van der Waals surface area contributed by atoms with E-state index in [9.17, 15) is 9.59 Å². The second-order valence-electron chi connectivity index (χ2n) is 5.35. The van der Waals surface area contributed by atoms with E-state index in [-0.39, 0.29) is 24.2 Å². The van der Waals surface area contributed by atoms with E-state index in [0.717, 1.165) is 19.5 Å². The maximum atomic E-state index is 12.2. The molecule has 0 saturated heterocycles. The molecule has 2 aromatic rings. The highest BCUT2D eigenvalue weighted by molar-refractivity contribution is 7.18. The lowest BCUT2D eigenvalue weighted by Crippen LogP contribution is -2.31. The number of methoxy groups -OCH3 is 1. The summed E-state index contributed by atoms with van der Waals surface area (Å²) < 4.78 is 5.07. The van der Waals surface area contributed by atoms with E-state index in [1.807, 2.05) is 0 Å². The molecule has 1 heterocycles. The van der Waals surface area contributed by atoms with Crippen molar-refractivity contribution in [3.05, 3.63) is 46.8 Å². The number of benzene rings is 1. The van der Waals surface area contributed by atoms with Gasteiger partial charge in [-0.25, -0.2) is 0 Å². The standard InChI is InChI=1S/C18H23N3O3S.ClH/c1-3-10-19-11-12-20-18(23)15-8-9-16(25-15)21-17(22)13-4-6-14(24-2)7-5-13;/h4-9,19H,3,10-12H2,1-2H3,(H,20,23)(H,21,22);1H. The largest absolute Gasteiger partial charge is 0.497 e. The van der Waals surface area contributed by atoms with Crippen LogP contribution >= 0.6 is 23.7 Å². The van der Waals surface area contributed by atoms with Gasteiger partial charge in [0, 0.05) is 18.7 Å². The zero-order chi connectivity index (χ0) is 18.1. The first-order valence-electron chi connectivity index (χ1n) is 8.18. The molecule has 1 aromatic carbocycles. The van der Waals surface area contributed by atoms with Crippen molar-refractivity contribution < 1.29 is 14.3 Å². The van der Waals surface area contributed by atoms with Gasteiger partial charge in [0.15, 0.2) is 0 Å². The van der Waals surface area contributed by atoms with Crippen molar-refractivity contribution in [2.75, 3.05) is 32.1 Å². The van der Waals surface area contributed by atoms with Gasteiger partial charge in [0.2, 0.25) is 0 Å². The molecule has 0 unspecified atom stereocenters. The van der Waals surface area contributed by atoms with Crippen LogP contribution in [0.2, 0.25) is 0 Å². The molecule has 3 N–H and O–H groups in total. The zero-order valence-corrected chi connectivity index (χ0v) is 16.5. The second-order valence-corrected chi connectivity index (χ2v) is 6.44. The lowest BCUT2D eigenvalue weighted by atomic mass is 10.2. The average Bonchev–Trinajstić information content (AvgIpc) is 3.10. The molecule has 0 fully saturated rings. The van der Waals surface area contributed by atoms with Crippen LogP contribution in [0.1, 0.15) is 33.4 Å². The smallest absolute Gasteiger partial charge is 0.261 e. The molecule has 2 amide bonds. The van der Waals surface area contributed by atoms with Gasteiger partial charge in [-0.1, -0.05) is 6.92 Å². The quantitative estimate of drug-likeness (QED) is 0.568. The van der Waals surface area contributed by atoms with Crippen molar-refractivity contribution in [1.82, 2.24) is 10.6 Å². The fourth-order valence-electron chi connectivity index (χ4n) is 2.11. The summed E-state index contributed by atoms with van der Waals surface area (Å²) in [5, 5.41) is 9.51. The SMILES string of the molecule is CCCNCCNC(=O)c1ccc(NC(=O)c2ccc(OC)cc2)s1.Cl. The minimum absolute atomic E-state index is 0. The molecular weight excluding hydrogens is 374 g/mol. The summed E-state index contributed by atoms with van der Waals surface area (Å²) in [6.07, 6.45) is 1.07. The predicted molar refractivity (Wildman–Crippen MR) is 108 cm³/mol. The van der Waals surface area contributed by atoms with Crippen molar-refractivity contribution in [1.29, 1.82) is 0 Å². The Morgan fingerprint density at radius 3 is 2.38 bits per heavy atom. The maximum absolute atomic E-state index is 12.2. The first-order chi connectivity index (χ1) is 12.1. The summed E-state index contributed by atoms with van der Waals surface area (Å²) in [4.78, 5) is 24.8. The number of nitrogens with one attached hydrogen (secondary N) is 3. The molecule has 0 saturated carbocycles. The third-order valence-corrected chi connectivity index (χ3v) is 4.43. The molecule has 26 heavy (non-hydrogen) atoms. The number of rotatable bonds is 9. The molecule has 0 aliphatic carbocycles. The van der Waals surface area contributed by atoms with Gasteiger partial charge in [0.05, 0.1) is 17.0 Å². The fourth-order valence-corrected chi connectivity index (χ4v) is 2.92. The fraction of sp³-hybridized carbons (Fsp3) is 0.333. The Bertz CT molecular complexity index is 704. The normalized spacial score (nSPS) is 9.92. The van der Waals surface area contributed by atoms with Crippen LogP contribution in [0.15, 0.2) is 36.4 Å². The van der Waals surface area contributed by atoms with Crippen LogP contribution in [-0.2, 0) is 0 Å². The zero-order valence-electron chi connectivity index (χ0n) is 14.8. The van der Waals surface area contributed by atoms with Gasteiger partial charge in [0.1, 0.15) is 5.75 Å². The van der Waals surface area contributed by atoms with E-state index >= 15 is 0 Å². The van der Waals surface area contributed by atoms with Crippen LogP contribution in [0.4, 0.5) is 5.00 Å². The van der Waals surface area contributed by atoms with Crippen molar-refractivity contribution in [3.63, 3.8) is 0 Å². The maximum Gasteiger partial charge on any atom is 0.261 e. The van der Waals surface area contributed by atoms with Crippen molar-refractivity contribution in [3.8, 4) is 5.75 Å². The Morgan fingerprint density at radius 1 is 1.00 bits per heavy atom. The number of carbonyl (C=O) groups excluding carboxylic acids is 2. The Hall–Kier alpha value is -2.09. The van der Waals surface area contributed by atoms with Crippen LogP contribution in [0.5, 0.6) is 5.75 Å². The highest BCUT2D eigenvalue weighted by Gasteiger charge is 2.11. The summed E-state index contributed by atoms with van der Waals surface area (Å²) in [6, 6.07) is 10.3. The molecule has 2 rings (SSSR count). The van der Waals surface area contributed by atoms with Gasteiger partial charge in [-0.2, -0.15) is 0 Å². The molecule has 0 aliphatic rings. The van der Waals surface area contributed by atoms with Gasteiger partial charge < -0.3 is 20.7 Å². The number of amides is 2. The van der Waals surface area contributed by atoms with Gasteiger partial charge in [-0.15, -0.1) is 23.7 Å². The van der Waals surface area contributed by atoms with Crippen LogP contribution in [0.25, 0.3) is 0 Å². The number of halogens is 1. The molecule has 0 spiro atoms. The Labute approximate surface area is 163 Å². The van der Waals surface area contributed by atoms with Crippen LogP contribution < -0.4 is 20.7 Å². The van der Waals surface area contributed by atoms with Crippen molar-refractivity contribution in [2.45, 2.75) is 13.3 Å². The van der Waals surface area contributed by atoms with Crippen LogP contribution in [-0.4, -0.2) is 38.6 Å². The molecule has 0 aliphatic heterocycles. The van der Waals surface area contributed by atoms with Crippen molar-refractivity contribution >= 4 is 40.6 Å². The second kappa shape index (κ2) is 11.5. The molecule has 142 valence electrons. The van der Waals surface area contributed by atoms with E-state index in [0.29, 0.717) is 27.7 Å². The molecule has 6 nitrogen and oxygen atoms in total. The molecule has 0 bridgehead atoms. The molecule has 0 radical (unpaired) electrons. The minimum atomic E-state index is -0.222. The molecule has 8 heteroatoms. The monoisotopic (exact) mass is 397 g/mol. The molecular formula is C18H24ClN3O3S. The number of anilines is 1. The van der Waals surface area contributed by atoms with E-state index in [1.54, 1.807) is 43.5 Å².